The van der Waals surface area contributed by atoms with Crippen LogP contribution in [-0.4, -0.2) is 34.3 Å². The summed E-state index contributed by atoms with van der Waals surface area (Å²) in [6.07, 6.45) is 7.53. The van der Waals surface area contributed by atoms with E-state index in [2.05, 4.69) is 25.5 Å². The maximum atomic E-state index is 12.3. The van der Waals surface area contributed by atoms with Gasteiger partial charge in [0.15, 0.2) is 11.5 Å². The Labute approximate surface area is 170 Å². The number of aromatic nitrogens is 7. The Balaban J connectivity index is 1.54. The molecule has 0 atom stereocenters. The Hall–Kier alpha value is -4.14. The summed E-state index contributed by atoms with van der Waals surface area (Å²) >= 11 is 0. The van der Waals surface area contributed by atoms with Crippen LogP contribution in [0.2, 0.25) is 0 Å². The second kappa shape index (κ2) is 6.45. The van der Waals surface area contributed by atoms with E-state index in [0.29, 0.717) is 29.1 Å². The van der Waals surface area contributed by atoms with Crippen LogP contribution in [0.5, 0.6) is 0 Å². The zero-order chi connectivity index (χ0) is 20.1. The van der Waals surface area contributed by atoms with Crippen LogP contribution in [0.25, 0.3) is 27.9 Å². The number of benzene rings is 1. The highest BCUT2D eigenvalue weighted by molar-refractivity contribution is 5.93. The Morgan fingerprint density at radius 2 is 1.90 bits per heavy atom. The van der Waals surface area contributed by atoms with Gasteiger partial charge < -0.3 is 5.32 Å². The standard InChI is InChI=1S/C21H16N8O/c30-20-17(7-3-4-10-22-20)25-21-24-16-6-2-1-5-15(16)19-26-18(27-29(19)21)13-11-23-28(12-13)14-8-9-14/h1-7,10-12,14H,8-9H2,(H,22,24,25,30). The molecule has 1 saturated carbocycles. The summed E-state index contributed by atoms with van der Waals surface area (Å²) in [5.74, 6) is 0.948. The van der Waals surface area contributed by atoms with Gasteiger partial charge in [-0.2, -0.15) is 9.61 Å². The molecule has 1 aromatic carbocycles. The largest absolute Gasteiger partial charge is 0.319 e. The zero-order valence-corrected chi connectivity index (χ0v) is 15.8. The van der Waals surface area contributed by atoms with Crippen LogP contribution in [0, 0.1) is 0 Å². The van der Waals surface area contributed by atoms with Crippen molar-refractivity contribution in [2.24, 2.45) is 0 Å². The molecule has 1 aliphatic carbocycles. The third-order valence-corrected chi connectivity index (χ3v) is 5.09. The molecule has 4 aromatic heterocycles. The van der Waals surface area contributed by atoms with Gasteiger partial charge in [-0.15, -0.1) is 5.10 Å². The average Bonchev–Trinajstić information content (AvgIpc) is 3.37. The summed E-state index contributed by atoms with van der Waals surface area (Å²) in [6.45, 7) is 0. The molecule has 1 N–H and O–H groups in total. The van der Waals surface area contributed by atoms with E-state index in [1.54, 1.807) is 28.9 Å². The van der Waals surface area contributed by atoms with Crippen molar-refractivity contribution in [2.45, 2.75) is 18.9 Å². The van der Waals surface area contributed by atoms with Crippen LogP contribution >= 0.6 is 0 Å². The molecular formula is C21H16N8O. The molecule has 0 bridgehead atoms. The smallest absolute Gasteiger partial charge is 0.293 e. The van der Waals surface area contributed by atoms with Crippen LogP contribution in [0.15, 0.2) is 65.8 Å². The lowest BCUT2D eigenvalue weighted by atomic mass is 10.2. The van der Waals surface area contributed by atoms with Gasteiger partial charge in [0.25, 0.3) is 5.56 Å². The van der Waals surface area contributed by atoms with E-state index in [4.69, 9.17) is 4.98 Å². The van der Waals surface area contributed by atoms with Gasteiger partial charge in [0.2, 0.25) is 5.95 Å². The fourth-order valence-corrected chi connectivity index (χ4v) is 3.42. The molecule has 0 saturated heterocycles. The van der Waals surface area contributed by atoms with Crippen LogP contribution in [-0.2, 0) is 0 Å². The second-order valence-corrected chi connectivity index (χ2v) is 7.24. The number of rotatable bonds is 4. The number of hydrogen-bond donors (Lipinski definition) is 1. The van der Waals surface area contributed by atoms with Gasteiger partial charge in [0.1, 0.15) is 5.69 Å². The molecular weight excluding hydrogens is 380 g/mol. The maximum absolute atomic E-state index is 12.3. The number of hydrogen-bond acceptors (Lipinski definition) is 7. The SMILES string of the molecule is O=c1nccccc1Nc1nc2ccccc2c2nc(-c3cnn(C4CC4)c3)nn12. The van der Waals surface area contributed by atoms with E-state index in [1.807, 2.05) is 35.1 Å². The summed E-state index contributed by atoms with van der Waals surface area (Å²) in [7, 11) is 0. The lowest BCUT2D eigenvalue weighted by molar-refractivity contribution is 0.642. The fraction of sp³-hybridized carbons (Fsp3) is 0.143. The normalized spacial score (nSPS) is 13.7. The van der Waals surface area contributed by atoms with Crippen LogP contribution in [0.4, 0.5) is 11.6 Å². The van der Waals surface area contributed by atoms with Crippen molar-refractivity contribution < 1.29 is 0 Å². The molecule has 6 rings (SSSR count). The number of para-hydroxylation sites is 1. The molecule has 1 fully saturated rings. The molecule has 30 heavy (non-hydrogen) atoms. The summed E-state index contributed by atoms with van der Waals surface area (Å²) in [6, 6.07) is 13.3. The number of nitrogens with one attached hydrogen (secondary N) is 1. The first-order chi connectivity index (χ1) is 14.8. The predicted molar refractivity (Wildman–Crippen MR) is 112 cm³/mol. The third-order valence-electron chi connectivity index (χ3n) is 5.09. The summed E-state index contributed by atoms with van der Waals surface area (Å²) in [5, 5.41) is 13.1. The minimum absolute atomic E-state index is 0.308. The Morgan fingerprint density at radius 3 is 2.80 bits per heavy atom. The molecule has 9 heteroatoms. The van der Waals surface area contributed by atoms with Gasteiger partial charge in [0, 0.05) is 17.8 Å². The van der Waals surface area contributed by atoms with Crippen LogP contribution in [0.1, 0.15) is 18.9 Å². The molecule has 5 aromatic rings. The average molecular weight is 396 g/mol. The van der Waals surface area contributed by atoms with Gasteiger partial charge in [-0.1, -0.05) is 18.2 Å². The van der Waals surface area contributed by atoms with E-state index in [0.717, 1.165) is 29.3 Å². The first-order valence-electron chi connectivity index (χ1n) is 9.69. The fourth-order valence-electron chi connectivity index (χ4n) is 3.42. The zero-order valence-electron chi connectivity index (χ0n) is 15.8. The minimum atomic E-state index is -0.380. The molecule has 0 unspecified atom stereocenters. The van der Waals surface area contributed by atoms with Crippen molar-refractivity contribution in [1.29, 1.82) is 0 Å². The topological polar surface area (TPSA) is 103 Å². The Kier molecular flexibility index (Phi) is 3.61. The molecule has 9 nitrogen and oxygen atoms in total. The molecule has 1 aliphatic rings. The van der Waals surface area contributed by atoms with Gasteiger partial charge >= 0.3 is 0 Å². The van der Waals surface area contributed by atoms with Gasteiger partial charge in [-0.3, -0.25) is 9.48 Å². The number of anilines is 2. The van der Waals surface area contributed by atoms with Gasteiger partial charge in [0.05, 0.1) is 23.3 Å². The van der Waals surface area contributed by atoms with E-state index in [1.165, 1.54) is 6.20 Å². The Bertz CT molecular complexity index is 1470. The first kappa shape index (κ1) is 16.8. The second-order valence-electron chi connectivity index (χ2n) is 7.24. The summed E-state index contributed by atoms with van der Waals surface area (Å²) < 4.78 is 3.59. The number of fused-ring (bicyclic) bond motifs is 3. The molecule has 0 radical (unpaired) electrons. The van der Waals surface area contributed by atoms with Crippen molar-refractivity contribution in [1.82, 2.24) is 34.3 Å². The maximum Gasteiger partial charge on any atom is 0.293 e. The van der Waals surface area contributed by atoms with Crippen molar-refractivity contribution in [3.05, 3.63) is 71.4 Å². The van der Waals surface area contributed by atoms with E-state index in [9.17, 15) is 4.79 Å². The highest BCUT2D eigenvalue weighted by Gasteiger charge is 2.25. The van der Waals surface area contributed by atoms with Crippen LogP contribution < -0.4 is 10.9 Å². The number of nitrogens with zero attached hydrogens (tertiary/aromatic N) is 7. The predicted octanol–water partition coefficient (Wildman–Crippen LogP) is 2.97. The van der Waals surface area contributed by atoms with Crippen LogP contribution in [0.3, 0.4) is 0 Å². The van der Waals surface area contributed by atoms with Crippen molar-refractivity contribution in [3.8, 4) is 11.4 Å². The van der Waals surface area contributed by atoms with Crippen molar-refractivity contribution in [3.63, 3.8) is 0 Å². The van der Waals surface area contributed by atoms with Gasteiger partial charge in [-0.05, 0) is 37.1 Å². The monoisotopic (exact) mass is 396 g/mol. The highest BCUT2D eigenvalue weighted by atomic mass is 16.1. The first-order valence-corrected chi connectivity index (χ1v) is 9.69. The summed E-state index contributed by atoms with van der Waals surface area (Å²) in [5.41, 5.74) is 2.17. The quantitative estimate of drug-likeness (QED) is 0.498. The Morgan fingerprint density at radius 1 is 1.03 bits per heavy atom. The third kappa shape index (κ3) is 2.79. The molecule has 0 amide bonds. The highest BCUT2D eigenvalue weighted by Crippen LogP contribution is 2.35. The van der Waals surface area contributed by atoms with Crippen molar-refractivity contribution in [2.75, 3.05) is 5.32 Å². The molecule has 0 aliphatic heterocycles. The van der Waals surface area contributed by atoms with E-state index in [-0.39, 0.29) is 5.56 Å². The molecule has 0 spiro atoms. The molecule has 4 heterocycles. The lowest BCUT2D eigenvalue weighted by Crippen LogP contribution is -2.11. The van der Waals surface area contributed by atoms with E-state index >= 15 is 0 Å². The van der Waals surface area contributed by atoms with E-state index < -0.39 is 0 Å². The minimum Gasteiger partial charge on any atom is -0.319 e. The van der Waals surface area contributed by atoms with Gasteiger partial charge in [-0.25, -0.2) is 15.0 Å². The summed E-state index contributed by atoms with van der Waals surface area (Å²) in [4.78, 5) is 25.6. The molecule has 146 valence electrons. The lowest BCUT2D eigenvalue weighted by Gasteiger charge is -2.07. The van der Waals surface area contributed by atoms with Crippen molar-refractivity contribution >= 4 is 28.2 Å².